The monoisotopic (exact) mass is 576 g/mol. The molecule has 1 aliphatic rings. The number of carbonyl (C=O) groups excluding carboxylic acids is 1. The van der Waals surface area contributed by atoms with Gasteiger partial charge in [-0.25, -0.2) is 14.8 Å². The van der Waals surface area contributed by atoms with E-state index in [1.165, 1.54) is 0 Å². The van der Waals surface area contributed by atoms with Crippen LogP contribution in [0.3, 0.4) is 0 Å². The van der Waals surface area contributed by atoms with E-state index in [1.54, 1.807) is 24.4 Å². The van der Waals surface area contributed by atoms with Crippen LogP contribution in [0.2, 0.25) is 25.7 Å². The van der Waals surface area contributed by atoms with Crippen LogP contribution in [0.4, 0.5) is 10.6 Å². The summed E-state index contributed by atoms with van der Waals surface area (Å²) in [7, 11) is 0.366. The number of rotatable bonds is 11. The number of piperidine rings is 1. The normalized spacial score (nSPS) is 20.9. The molecule has 0 aromatic carbocycles. The van der Waals surface area contributed by atoms with Crippen LogP contribution in [0, 0.1) is 5.41 Å². The van der Waals surface area contributed by atoms with Gasteiger partial charge in [0, 0.05) is 46.6 Å². The van der Waals surface area contributed by atoms with Gasteiger partial charge in [-0.15, -0.1) is 0 Å². The van der Waals surface area contributed by atoms with Crippen LogP contribution in [0.1, 0.15) is 57.8 Å². The molecule has 2 aromatic rings. The fourth-order valence-electron chi connectivity index (χ4n) is 5.09. The van der Waals surface area contributed by atoms with E-state index in [2.05, 4.69) is 56.0 Å². The summed E-state index contributed by atoms with van der Waals surface area (Å²) in [5.74, 6) is 0.297. The van der Waals surface area contributed by atoms with Crippen molar-refractivity contribution in [2.75, 3.05) is 32.2 Å². The predicted molar refractivity (Wildman–Crippen MR) is 160 cm³/mol. The SMILES string of the molecule is COC[C@@H](C)NC(=O)c1cn(COCC[Si](C)(C)C)c2ncc(N[C@@H]3CCN(C(=O)O)[C@@](C)(C(C)(C)C)C3)nc12. The lowest BCUT2D eigenvalue weighted by Gasteiger charge is -2.53. The molecule has 40 heavy (non-hydrogen) atoms. The van der Waals surface area contributed by atoms with Crippen LogP contribution in [-0.2, 0) is 16.2 Å². The number of carboxylic acid groups (broad SMARTS) is 1. The topological polar surface area (TPSA) is 131 Å². The quantitative estimate of drug-likeness (QED) is 0.255. The minimum absolute atomic E-state index is 0.00226. The number of likely N-dealkylation sites (tertiary alicyclic amines) is 1. The number of hydrogen-bond donors (Lipinski definition) is 3. The van der Waals surface area contributed by atoms with E-state index in [9.17, 15) is 14.7 Å². The Kier molecular flexibility index (Phi) is 9.89. The van der Waals surface area contributed by atoms with E-state index in [1.807, 2.05) is 18.4 Å². The molecule has 1 aliphatic heterocycles. The van der Waals surface area contributed by atoms with Gasteiger partial charge in [0.15, 0.2) is 5.65 Å². The van der Waals surface area contributed by atoms with Crippen LogP contribution in [0.15, 0.2) is 12.4 Å². The van der Waals surface area contributed by atoms with Gasteiger partial charge in [0.05, 0.1) is 23.9 Å². The van der Waals surface area contributed by atoms with Gasteiger partial charge in [-0.3, -0.25) is 4.79 Å². The van der Waals surface area contributed by atoms with Crippen molar-refractivity contribution in [1.29, 1.82) is 0 Å². The lowest BCUT2D eigenvalue weighted by Crippen LogP contribution is -2.62. The molecular formula is C28H48N6O5Si. The van der Waals surface area contributed by atoms with Crippen molar-refractivity contribution < 1.29 is 24.2 Å². The minimum Gasteiger partial charge on any atom is -0.465 e. The summed E-state index contributed by atoms with van der Waals surface area (Å²) in [4.78, 5) is 36.3. The molecule has 0 saturated carbocycles. The highest BCUT2D eigenvalue weighted by molar-refractivity contribution is 6.76. The molecule has 0 aliphatic carbocycles. The number of aromatic nitrogens is 3. The summed E-state index contributed by atoms with van der Waals surface area (Å²) >= 11 is 0. The fraction of sp³-hybridized carbons (Fsp3) is 0.714. The van der Waals surface area contributed by atoms with Crippen molar-refractivity contribution >= 4 is 37.1 Å². The highest BCUT2D eigenvalue weighted by atomic mass is 28.3. The lowest BCUT2D eigenvalue weighted by molar-refractivity contribution is -0.0151. The van der Waals surface area contributed by atoms with Gasteiger partial charge < -0.3 is 34.7 Å². The Hall–Kier alpha value is -2.70. The Labute approximate surface area is 239 Å². The van der Waals surface area contributed by atoms with Gasteiger partial charge in [-0.05, 0) is 38.1 Å². The fourth-order valence-corrected chi connectivity index (χ4v) is 5.85. The van der Waals surface area contributed by atoms with E-state index < -0.39 is 19.7 Å². The summed E-state index contributed by atoms with van der Waals surface area (Å²) in [5, 5.41) is 16.3. The predicted octanol–water partition coefficient (Wildman–Crippen LogP) is 4.87. The van der Waals surface area contributed by atoms with Crippen LogP contribution in [0.5, 0.6) is 0 Å². The number of methoxy groups -OCH3 is 1. The van der Waals surface area contributed by atoms with Gasteiger partial charge in [0.1, 0.15) is 18.1 Å². The molecule has 3 N–H and O–H groups in total. The average Bonchev–Trinajstić information content (AvgIpc) is 3.18. The minimum atomic E-state index is -1.23. The van der Waals surface area contributed by atoms with Crippen molar-refractivity contribution in [3.63, 3.8) is 0 Å². The van der Waals surface area contributed by atoms with Gasteiger partial charge in [0.25, 0.3) is 5.91 Å². The van der Waals surface area contributed by atoms with Crippen molar-refractivity contribution in [2.45, 2.75) is 97.5 Å². The smallest absolute Gasteiger partial charge is 0.407 e. The number of carbonyl (C=O) groups is 2. The second-order valence-corrected chi connectivity index (χ2v) is 19.0. The molecule has 3 atom stereocenters. The maximum Gasteiger partial charge on any atom is 0.407 e. The number of anilines is 1. The molecule has 2 aromatic heterocycles. The Morgan fingerprint density at radius 3 is 2.60 bits per heavy atom. The third-order valence-electron chi connectivity index (χ3n) is 7.97. The lowest BCUT2D eigenvalue weighted by atomic mass is 9.68. The maximum atomic E-state index is 13.3. The second kappa shape index (κ2) is 12.4. The van der Waals surface area contributed by atoms with Crippen molar-refractivity contribution in [1.82, 2.24) is 24.8 Å². The van der Waals surface area contributed by atoms with E-state index in [-0.39, 0.29) is 30.1 Å². The van der Waals surface area contributed by atoms with Crippen molar-refractivity contribution in [3.8, 4) is 0 Å². The van der Waals surface area contributed by atoms with Gasteiger partial charge in [-0.1, -0.05) is 40.4 Å². The number of nitrogens with zero attached hydrogens (tertiary/aromatic N) is 4. The Morgan fingerprint density at radius 1 is 1.30 bits per heavy atom. The molecule has 3 rings (SSSR count). The highest BCUT2D eigenvalue weighted by Gasteiger charge is 2.49. The number of hydrogen-bond acceptors (Lipinski definition) is 7. The zero-order chi connectivity index (χ0) is 29.9. The molecule has 0 unspecified atom stereocenters. The highest BCUT2D eigenvalue weighted by Crippen LogP contribution is 2.43. The van der Waals surface area contributed by atoms with Crippen LogP contribution in [0.25, 0.3) is 11.2 Å². The largest absolute Gasteiger partial charge is 0.465 e. The second-order valence-electron chi connectivity index (χ2n) is 13.4. The summed E-state index contributed by atoms with van der Waals surface area (Å²) in [6, 6.07) is 0.868. The third kappa shape index (κ3) is 7.52. The summed E-state index contributed by atoms with van der Waals surface area (Å²) < 4.78 is 13.0. The van der Waals surface area contributed by atoms with Crippen LogP contribution < -0.4 is 10.6 Å². The van der Waals surface area contributed by atoms with E-state index in [0.29, 0.717) is 55.1 Å². The average molecular weight is 577 g/mol. The van der Waals surface area contributed by atoms with E-state index in [4.69, 9.17) is 14.5 Å². The Balaban J connectivity index is 1.88. The summed E-state index contributed by atoms with van der Waals surface area (Å²) in [6.45, 7) is 18.8. The number of fused-ring (bicyclic) bond motifs is 1. The summed E-state index contributed by atoms with van der Waals surface area (Å²) in [5.41, 5.74) is 0.651. The van der Waals surface area contributed by atoms with Gasteiger partial charge in [-0.2, -0.15) is 0 Å². The number of nitrogens with one attached hydrogen (secondary N) is 2. The Bertz CT molecular complexity index is 1190. The van der Waals surface area contributed by atoms with Gasteiger partial charge >= 0.3 is 6.09 Å². The molecule has 0 bridgehead atoms. The molecule has 12 heteroatoms. The maximum absolute atomic E-state index is 13.3. The first kappa shape index (κ1) is 31.8. The zero-order valence-corrected chi connectivity index (χ0v) is 26.6. The molecule has 224 valence electrons. The van der Waals surface area contributed by atoms with E-state index >= 15 is 0 Å². The first-order valence-corrected chi connectivity index (χ1v) is 17.8. The molecule has 0 spiro atoms. The zero-order valence-electron chi connectivity index (χ0n) is 25.6. The first-order valence-electron chi connectivity index (χ1n) is 14.1. The molecule has 2 amide bonds. The number of ether oxygens (including phenoxy) is 2. The third-order valence-corrected chi connectivity index (χ3v) is 9.67. The molecule has 1 saturated heterocycles. The Morgan fingerprint density at radius 2 is 2.00 bits per heavy atom. The molecule has 11 nitrogen and oxygen atoms in total. The van der Waals surface area contributed by atoms with Crippen LogP contribution in [-0.4, -0.2) is 89.1 Å². The van der Waals surface area contributed by atoms with Crippen molar-refractivity contribution in [2.24, 2.45) is 5.41 Å². The molecule has 0 radical (unpaired) electrons. The molecular weight excluding hydrogens is 528 g/mol. The molecule has 3 heterocycles. The standard InChI is InChI=1S/C28H48N6O5Si/c1-19(17-38-6)30-25(35)21-16-33(18-39-12-13-40(7,8)9)24-23(21)32-22(15-29-24)31-20-10-11-34(26(36)37)28(5,14-20)27(2,3)4/h15-16,19-20H,10-14,17-18H2,1-9H3,(H,30,35)(H,31,32)(H,36,37)/t19-,20-,28-/m1/s1. The van der Waals surface area contributed by atoms with E-state index in [0.717, 1.165) is 6.04 Å². The van der Waals surface area contributed by atoms with Crippen molar-refractivity contribution in [3.05, 3.63) is 18.0 Å². The van der Waals surface area contributed by atoms with Crippen LogP contribution >= 0.6 is 0 Å². The number of amides is 2. The summed E-state index contributed by atoms with van der Waals surface area (Å²) in [6.07, 6.45) is 3.79. The first-order chi connectivity index (χ1) is 18.6. The van der Waals surface area contributed by atoms with Gasteiger partial charge in [0.2, 0.25) is 0 Å². The molecule has 1 fully saturated rings.